The molecule has 1 aliphatic rings. The summed E-state index contributed by atoms with van der Waals surface area (Å²) in [7, 11) is 1.72. The molecule has 0 aliphatic carbocycles. The number of benzene rings is 1. The van der Waals surface area contributed by atoms with Gasteiger partial charge in [0.25, 0.3) is 0 Å². The number of para-hydroxylation sites is 2. The number of aromatic amines is 1. The van der Waals surface area contributed by atoms with Crippen molar-refractivity contribution in [3.63, 3.8) is 0 Å². The lowest BCUT2D eigenvalue weighted by molar-refractivity contribution is -0.448. The van der Waals surface area contributed by atoms with E-state index < -0.39 is 6.04 Å². The maximum atomic E-state index is 12.9. The highest BCUT2D eigenvalue weighted by atomic mass is 16.5. The Morgan fingerprint density at radius 3 is 2.87 bits per heavy atom. The molecule has 38 heavy (non-hydrogen) atoms. The van der Waals surface area contributed by atoms with Crippen LogP contribution in [0.4, 0.5) is 11.6 Å². The lowest BCUT2D eigenvalue weighted by atomic mass is 10.1. The number of hydrogen-bond donors (Lipinski definition) is 3. The van der Waals surface area contributed by atoms with Gasteiger partial charge in [-0.05, 0) is 76.3 Å². The minimum Gasteiger partial charge on any atom is -0.380 e. The van der Waals surface area contributed by atoms with Gasteiger partial charge in [-0.3, -0.25) is 10.1 Å². The van der Waals surface area contributed by atoms with E-state index in [1.54, 1.807) is 26.3 Å². The number of ether oxygens (including phenoxy) is 1. The molecule has 0 radical (unpaired) electrons. The number of ketones is 1. The van der Waals surface area contributed by atoms with Crippen LogP contribution in [0.15, 0.2) is 42.6 Å². The molecule has 3 aromatic rings. The molecule has 0 unspecified atom stereocenters. The number of methoxy groups -OCH3 is 1. The average Bonchev–Trinajstić information content (AvgIpc) is 2.93. The van der Waals surface area contributed by atoms with E-state index in [2.05, 4.69) is 39.6 Å². The van der Waals surface area contributed by atoms with Gasteiger partial charge in [0.05, 0.1) is 17.8 Å². The molecule has 0 fully saturated rings. The SMILES string of the molecule is CO[C@H](C)CN(CCCCc1ccc2c(n1)NCCC2)CC[C@H](Nc1c[nH]c2ccccc2[n+]1=O)C(C)=O. The Morgan fingerprint density at radius 1 is 1.21 bits per heavy atom. The van der Waals surface area contributed by atoms with Crippen LogP contribution in [0.3, 0.4) is 0 Å². The molecule has 204 valence electrons. The number of carbonyl (C=O) groups excluding carboxylic acids is 1. The Bertz CT molecular complexity index is 1280. The number of aromatic nitrogens is 3. The number of pyridine rings is 1. The summed E-state index contributed by atoms with van der Waals surface area (Å²) >= 11 is 0. The molecule has 9 heteroatoms. The standard InChI is InChI=1S/C29H41N6O3/c1-21(38-3)20-34(17-7-6-10-24-14-13-23-9-8-16-30-29(23)32-24)18-15-25(22(2)36)33-28-19-31-26-11-4-5-12-27(26)35(28)37/h4-5,11-14,19,21,25,33H,6-10,15-18,20H2,1-3H3,(H,30,32)(H,31,37)/q+1/t21-,25+/m1/s1. The highest BCUT2D eigenvalue weighted by Crippen LogP contribution is 2.20. The molecule has 3 N–H and O–H groups in total. The van der Waals surface area contributed by atoms with Gasteiger partial charge < -0.3 is 19.9 Å². The van der Waals surface area contributed by atoms with Crippen LogP contribution in [0, 0.1) is 4.91 Å². The fourth-order valence-corrected chi connectivity index (χ4v) is 4.96. The summed E-state index contributed by atoms with van der Waals surface area (Å²) in [6.07, 6.45) is 7.60. The number of unbranched alkanes of at least 4 members (excludes halogenated alkanes) is 1. The minimum absolute atomic E-state index is 0.00462. The predicted octanol–water partition coefficient (Wildman–Crippen LogP) is 3.95. The molecule has 2 aromatic heterocycles. The molecular formula is C29H41N6O3+. The molecular weight excluding hydrogens is 480 g/mol. The van der Waals surface area contributed by atoms with E-state index in [-0.39, 0.29) is 11.9 Å². The number of nitrogens with one attached hydrogen (secondary N) is 3. The fraction of sp³-hybridized carbons (Fsp3) is 0.517. The lowest BCUT2D eigenvalue weighted by Gasteiger charge is -2.26. The van der Waals surface area contributed by atoms with Crippen molar-refractivity contribution >= 4 is 28.5 Å². The number of aryl methyl sites for hydroxylation is 2. The Kier molecular flexibility index (Phi) is 9.84. The van der Waals surface area contributed by atoms with Crippen LogP contribution in [0.1, 0.15) is 50.8 Å². The Balaban J connectivity index is 1.33. The Labute approximate surface area is 224 Å². The maximum Gasteiger partial charge on any atom is 0.336 e. The van der Waals surface area contributed by atoms with Gasteiger partial charge in [0.1, 0.15) is 5.82 Å². The van der Waals surface area contributed by atoms with Crippen molar-refractivity contribution in [1.82, 2.24) is 14.9 Å². The zero-order valence-corrected chi connectivity index (χ0v) is 22.8. The van der Waals surface area contributed by atoms with Crippen molar-refractivity contribution in [2.45, 2.75) is 64.5 Å². The van der Waals surface area contributed by atoms with Crippen LogP contribution in [0.2, 0.25) is 0 Å². The van der Waals surface area contributed by atoms with Gasteiger partial charge in [-0.1, -0.05) is 23.1 Å². The highest BCUT2D eigenvalue weighted by Gasteiger charge is 2.24. The van der Waals surface area contributed by atoms with Gasteiger partial charge in [0.2, 0.25) is 5.52 Å². The van der Waals surface area contributed by atoms with Gasteiger partial charge in [-0.25, -0.2) is 4.98 Å². The van der Waals surface area contributed by atoms with Crippen LogP contribution in [-0.4, -0.2) is 66.1 Å². The van der Waals surface area contributed by atoms with Gasteiger partial charge in [0, 0.05) is 43.3 Å². The monoisotopic (exact) mass is 521 g/mol. The van der Waals surface area contributed by atoms with Crippen LogP contribution < -0.4 is 15.1 Å². The molecule has 2 atom stereocenters. The molecule has 0 spiro atoms. The zero-order chi connectivity index (χ0) is 26.9. The highest BCUT2D eigenvalue weighted by molar-refractivity contribution is 5.84. The van der Waals surface area contributed by atoms with Crippen molar-refractivity contribution in [1.29, 1.82) is 0 Å². The summed E-state index contributed by atoms with van der Waals surface area (Å²) in [5.74, 6) is 1.40. The van der Waals surface area contributed by atoms with Gasteiger partial charge in [-0.2, -0.15) is 0 Å². The number of hydrogen-bond acceptors (Lipinski definition) is 7. The van der Waals surface area contributed by atoms with Crippen LogP contribution >= 0.6 is 0 Å². The van der Waals surface area contributed by atoms with E-state index in [0.717, 1.165) is 73.3 Å². The summed E-state index contributed by atoms with van der Waals surface area (Å²) in [5.41, 5.74) is 3.72. The molecule has 9 nitrogen and oxygen atoms in total. The van der Waals surface area contributed by atoms with Crippen LogP contribution in [0.5, 0.6) is 0 Å². The molecule has 0 saturated carbocycles. The molecule has 4 rings (SSSR count). The quantitative estimate of drug-likeness (QED) is 0.218. The number of anilines is 2. The van der Waals surface area contributed by atoms with Crippen molar-refractivity contribution in [2.75, 3.05) is 43.9 Å². The predicted molar refractivity (Wildman–Crippen MR) is 151 cm³/mol. The van der Waals surface area contributed by atoms with Crippen LogP contribution in [-0.2, 0) is 22.4 Å². The van der Waals surface area contributed by atoms with E-state index in [1.807, 2.05) is 18.2 Å². The first-order valence-corrected chi connectivity index (χ1v) is 13.7. The zero-order valence-electron chi connectivity index (χ0n) is 22.8. The minimum atomic E-state index is -0.461. The van der Waals surface area contributed by atoms with Crippen molar-refractivity contribution in [3.05, 3.63) is 58.8 Å². The van der Waals surface area contributed by atoms with Crippen molar-refractivity contribution in [3.8, 4) is 0 Å². The fourth-order valence-electron chi connectivity index (χ4n) is 4.96. The smallest absolute Gasteiger partial charge is 0.336 e. The second-order valence-electron chi connectivity index (χ2n) is 10.2. The van der Waals surface area contributed by atoms with E-state index in [1.165, 1.54) is 12.0 Å². The second kappa shape index (κ2) is 13.5. The summed E-state index contributed by atoms with van der Waals surface area (Å²) < 4.78 is 6.37. The normalized spacial score (nSPS) is 14.6. The largest absolute Gasteiger partial charge is 0.380 e. The number of nitrogens with zero attached hydrogens (tertiary/aromatic N) is 3. The number of H-pyrrole nitrogens is 1. The van der Waals surface area contributed by atoms with Gasteiger partial charge in [-0.15, -0.1) is 0 Å². The third-order valence-electron chi connectivity index (χ3n) is 7.28. The summed E-state index contributed by atoms with van der Waals surface area (Å²) in [6.45, 7) is 7.05. The lowest BCUT2D eigenvalue weighted by Crippen LogP contribution is -2.39. The van der Waals surface area contributed by atoms with Gasteiger partial charge >= 0.3 is 5.82 Å². The molecule has 0 amide bonds. The molecule has 3 heterocycles. The first-order chi connectivity index (χ1) is 18.4. The van der Waals surface area contributed by atoms with Gasteiger partial charge in [0.15, 0.2) is 11.8 Å². The first kappa shape index (κ1) is 27.7. The molecule has 1 aliphatic heterocycles. The number of fused-ring (bicyclic) bond motifs is 2. The van der Waals surface area contributed by atoms with E-state index >= 15 is 0 Å². The Hall–Kier alpha value is -3.30. The topological polar surface area (TPSA) is 105 Å². The van der Waals surface area contributed by atoms with E-state index in [9.17, 15) is 9.70 Å². The summed E-state index contributed by atoms with van der Waals surface area (Å²) in [6, 6.07) is 11.2. The second-order valence-corrected chi connectivity index (χ2v) is 10.2. The maximum absolute atomic E-state index is 12.9. The number of Topliss-reactive ketones (excluding diaryl/α,β-unsaturated/α-hetero) is 1. The average molecular weight is 522 g/mol. The number of rotatable bonds is 14. The van der Waals surface area contributed by atoms with E-state index in [0.29, 0.717) is 17.8 Å². The summed E-state index contributed by atoms with van der Waals surface area (Å²) in [4.78, 5) is 35.7. The first-order valence-electron chi connectivity index (χ1n) is 13.7. The molecule has 0 bridgehead atoms. The third kappa shape index (κ3) is 7.39. The van der Waals surface area contributed by atoms with Crippen molar-refractivity contribution in [2.24, 2.45) is 0 Å². The van der Waals surface area contributed by atoms with E-state index in [4.69, 9.17) is 9.72 Å². The third-order valence-corrected chi connectivity index (χ3v) is 7.28. The Morgan fingerprint density at radius 2 is 2.05 bits per heavy atom. The van der Waals surface area contributed by atoms with Crippen molar-refractivity contribution < 1.29 is 14.0 Å². The molecule has 0 saturated heterocycles. The summed E-state index contributed by atoms with van der Waals surface area (Å²) in [5, 5.41) is 6.59. The molecule has 1 aromatic carbocycles. The number of carbonyl (C=O) groups is 1. The van der Waals surface area contributed by atoms with Crippen LogP contribution in [0.25, 0.3) is 11.0 Å².